The van der Waals surface area contributed by atoms with Crippen LogP contribution in [0.4, 0.5) is 5.69 Å². The number of para-hydroxylation sites is 1. The number of furan rings is 1. The molecule has 6 nitrogen and oxygen atoms in total. The molecule has 0 radical (unpaired) electrons. The van der Waals surface area contributed by atoms with Crippen molar-refractivity contribution in [2.45, 2.75) is 0 Å². The highest BCUT2D eigenvalue weighted by Crippen LogP contribution is 2.36. The minimum atomic E-state index is -0.297. The van der Waals surface area contributed by atoms with E-state index >= 15 is 0 Å². The van der Waals surface area contributed by atoms with Gasteiger partial charge in [-0.2, -0.15) is 0 Å². The molecular weight excluding hydrogens is 358 g/mol. The lowest BCUT2D eigenvalue weighted by Crippen LogP contribution is -2.13. The fourth-order valence-corrected chi connectivity index (χ4v) is 3.19. The average molecular weight is 377 g/mol. The summed E-state index contributed by atoms with van der Waals surface area (Å²) in [6.07, 6.45) is 0. The molecule has 3 aromatic carbocycles. The zero-order valence-corrected chi connectivity index (χ0v) is 15.7. The summed E-state index contributed by atoms with van der Waals surface area (Å²) in [6.45, 7) is 0. The van der Waals surface area contributed by atoms with Crippen molar-refractivity contribution in [1.82, 2.24) is 0 Å². The van der Waals surface area contributed by atoms with E-state index in [4.69, 9.17) is 18.6 Å². The summed E-state index contributed by atoms with van der Waals surface area (Å²) in [5.41, 5.74) is 2.41. The number of amides is 1. The molecule has 142 valence electrons. The van der Waals surface area contributed by atoms with Gasteiger partial charge in [0.05, 0.1) is 27.0 Å². The van der Waals surface area contributed by atoms with E-state index in [1.54, 1.807) is 38.5 Å². The van der Waals surface area contributed by atoms with Gasteiger partial charge in [-0.25, -0.2) is 0 Å². The molecule has 0 bridgehead atoms. The lowest BCUT2D eigenvalue weighted by Gasteiger charge is -2.12. The number of methoxy groups -OCH3 is 3. The van der Waals surface area contributed by atoms with Gasteiger partial charge in [-0.05, 0) is 30.3 Å². The number of hydrogen-bond donors (Lipinski definition) is 1. The number of hydrogen-bond acceptors (Lipinski definition) is 5. The van der Waals surface area contributed by atoms with Crippen LogP contribution < -0.4 is 19.5 Å². The molecule has 0 fully saturated rings. The molecule has 1 aromatic heterocycles. The van der Waals surface area contributed by atoms with Crippen molar-refractivity contribution in [3.8, 4) is 17.2 Å². The second kappa shape index (κ2) is 7.15. The van der Waals surface area contributed by atoms with E-state index in [-0.39, 0.29) is 5.91 Å². The average Bonchev–Trinajstić information content (AvgIpc) is 3.09. The molecule has 0 atom stereocenters. The van der Waals surface area contributed by atoms with Gasteiger partial charge < -0.3 is 23.9 Å². The fourth-order valence-electron chi connectivity index (χ4n) is 3.19. The maximum absolute atomic E-state index is 12.8. The molecule has 0 saturated heterocycles. The topological polar surface area (TPSA) is 69.9 Å². The summed E-state index contributed by atoms with van der Waals surface area (Å²) in [4.78, 5) is 12.8. The Balaban J connectivity index is 1.72. The highest BCUT2D eigenvalue weighted by molar-refractivity contribution is 6.10. The van der Waals surface area contributed by atoms with Crippen LogP contribution in [0.15, 0.2) is 59.0 Å². The van der Waals surface area contributed by atoms with Crippen molar-refractivity contribution in [2.75, 3.05) is 26.6 Å². The first kappa shape index (κ1) is 17.7. The number of carbonyl (C=O) groups excluding carboxylic acids is 1. The number of fused-ring (bicyclic) bond motifs is 3. The molecule has 1 N–H and O–H groups in total. The quantitative estimate of drug-likeness (QED) is 0.538. The summed E-state index contributed by atoms with van der Waals surface area (Å²) < 4.78 is 21.9. The number of rotatable bonds is 5. The first-order valence-electron chi connectivity index (χ1n) is 8.67. The van der Waals surface area contributed by atoms with E-state index in [0.717, 1.165) is 16.4 Å². The molecule has 0 aliphatic heterocycles. The van der Waals surface area contributed by atoms with Gasteiger partial charge in [0.25, 0.3) is 5.91 Å². The lowest BCUT2D eigenvalue weighted by atomic mass is 10.1. The normalized spacial score (nSPS) is 10.8. The first-order chi connectivity index (χ1) is 13.6. The van der Waals surface area contributed by atoms with Gasteiger partial charge in [-0.1, -0.05) is 18.2 Å². The Bertz CT molecular complexity index is 1180. The van der Waals surface area contributed by atoms with E-state index < -0.39 is 0 Å². The fraction of sp³-hybridized carbons (Fsp3) is 0.136. The second-order valence-corrected chi connectivity index (χ2v) is 6.17. The lowest BCUT2D eigenvalue weighted by molar-refractivity contribution is 0.102. The van der Waals surface area contributed by atoms with Crippen LogP contribution in [-0.4, -0.2) is 27.2 Å². The Morgan fingerprint density at radius 1 is 0.786 bits per heavy atom. The molecule has 0 aliphatic rings. The van der Waals surface area contributed by atoms with Crippen molar-refractivity contribution < 1.29 is 23.4 Å². The van der Waals surface area contributed by atoms with Crippen LogP contribution in [0.3, 0.4) is 0 Å². The molecular formula is C22H19NO5. The van der Waals surface area contributed by atoms with Crippen molar-refractivity contribution in [1.29, 1.82) is 0 Å². The standard InChI is InChI=1S/C22H19NO5/c1-25-18-9-8-13(10-21(18)27-3)22(24)23-16-12-19-15(11-20(16)26-2)14-6-4-5-7-17(14)28-19/h4-12H,1-3H3,(H,23,24). The highest BCUT2D eigenvalue weighted by atomic mass is 16.5. The first-order valence-corrected chi connectivity index (χ1v) is 8.67. The predicted molar refractivity (Wildman–Crippen MR) is 108 cm³/mol. The Hall–Kier alpha value is -3.67. The third kappa shape index (κ3) is 2.99. The highest BCUT2D eigenvalue weighted by Gasteiger charge is 2.16. The van der Waals surface area contributed by atoms with Gasteiger partial charge in [-0.15, -0.1) is 0 Å². The number of anilines is 1. The minimum Gasteiger partial charge on any atom is -0.495 e. The Morgan fingerprint density at radius 3 is 2.29 bits per heavy atom. The van der Waals surface area contributed by atoms with Crippen molar-refractivity contribution in [3.05, 3.63) is 60.2 Å². The second-order valence-electron chi connectivity index (χ2n) is 6.17. The van der Waals surface area contributed by atoms with Crippen LogP contribution in [0.25, 0.3) is 21.9 Å². The number of ether oxygens (including phenoxy) is 3. The van der Waals surface area contributed by atoms with E-state index in [2.05, 4.69) is 5.32 Å². The molecule has 1 heterocycles. The smallest absolute Gasteiger partial charge is 0.255 e. The van der Waals surface area contributed by atoms with Crippen LogP contribution >= 0.6 is 0 Å². The number of benzene rings is 3. The third-order valence-electron chi connectivity index (χ3n) is 4.59. The molecule has 6 heteroatoms. The largest absolute Gasteiger partial charge is 0.495 e. The monoisotopic (exact) mass is 377 g/mol. The van der Waals surface area contributed by atoms with Crippen LogP contribution in [0, 0.1) is 0 Å². The molecule has 0 spiro atoms. The summed E-state index contributed by atoms with van der Waals surface area (Å²) in [7, 11) is 4.64. The minimum absolute atomic E-state index is 0.297. The summed E-state index contributed by atoms with van der Waals surface area (Å²) in [5.74, 6) is 1.29. The van der Waals surface area contributed by atoms with Gasteiger partial charge in [0, 0.05) is 22.4 Å². The Kier molecular flexibility index (Phi) is 4.53. The van der Waals surface area contributed by atoms with Gasteiger partial charge in [0.15, 0.2) is 11.5 Å². The van der Waals surface area contributed by atoms with E-state index in [0.29, 0.717) is 34.1 Å². The maximum Gasteiger partial charge on any atom is 0.255 e. The van der Waals surface area contributed by atoms with Crippen LogP contribution in [0.1, 0.15) is 10.4 Å². The molecule has 0 aliphatic carbocycles. The van der Waals surface area contributed by atoms with Crippen LogP contribution in [0.2, 0.25) is 0 Å². The Labute approximate surface area is 161 Å². The van der Waals surface area contributed by atoms with Crippen LogP contribution in [0.5, 0.6) is 17.2 Å². The van der Waals surface area contributed by atoms with Gasteiger partial charge in [-0.3, -0.25) is 4.79 Å². The van der Waals surface area contributed by atoms with Gasteiger partial charge in [0.1, 0.15) is 16.9 Å². The molecule has 28 heavy (non-hydrogen) atoms. The molecule has 0 saturated carbocycles. The number of carbonyl (C=O) groups is 1. The zero-order chi connectivity index (χ0) is 19.7. The number of nitrogens with one attached hydrogen (secondary N) is 1. The van der Waals surface area contributed by atoms with Crippen molar-refractivity contribution in [2.24, 2.45) is 0 Å². The predicted octanol–water partition coefficient (Wildman–Crippen LogP) is 4.86. The Morgan fingerprint density at radius 2 is 1.54 bits per heavy atom. The van der Waals surface area contributed by atoms with Crippen LogP contribution in [-0.2, 0) is 0 Å². The summed E-state index contributed by atoms with van der Waals surface area (Å²) in [6, 6.07) is 16.4. The summed E-state index contributed by atoms with van der Waals surface area (Å²) in [5, 5.41) is 4.80. The zero-order valence-electron chi connectivity index (χ0n) is 15.7. The van der Waals surface area contributed by atoms with Crippen molar-refractivity contribution in [3.63, 3.8) is 0 Å². The van der Waals surface area contributed by atoms with E-state index in [1.165, 1.54) is 7.11 Å². The summed E-state index contributed by atoms with van der Waals surface area (Å²) >= 11 is 0. The third-order valence-corrected chi connectivity index (χ3v) is 4.59. The SMILES string of the molecule is COc1cc2c(cc1NC(=O)c1ccc(OC)c(OC)c1)oc1ccccc12. The molecule has 1 amide bonds. The molecule has 4 aromatic rings. The maximum atomic E-state index is 12.8. The van der Waals surface area contributed by atoms with E-state index in [9.17, 15) is 4.79 Å². The van der Waals surface area contributed by atoms with Gasteiger partial charge >= 0.3 is 0 Å². The van der Waals surface area contributed by atoms with E-state index in [1.807, 2.05) is 30.3 Å². The van der Waals surface area contributed by atoms with Gasteiger partial charge in [0.2, 0.25) is 0 Å². The molecule has 4 rings (SSSR count). The van der Waals surface area contributed by atoms with Crippen molar-refractivity contribution >= 4 is 33.5 Å². The molecule has 0 unspecified atom stereocenters.